The summed E-state index contributed by atoms with van der Waals surface area (Å²) in [4.78, 5) is 0. The topological polar surface area (TPSA) is 35.2 Å². The third-order valence-electron chi connectivity index (χ3n) is 3.42. The standard InChI is InChI=1S/C15H12F3NO/c16-8-2-4-14-11(5-8)13(19)7-15(20-14)10-3-1-9(17)6-12(10)18/h1-6,13,15H,7,19H2/t13-,15?/m0/s1. The van der Waals surface area contributed by atoms with Crippen molar-refractivity contribution in [2.24, 2.45) is 5.73 Å². The van der Waals surface area contributed by atoms with Gasteiger partial charge in [0.2, 0.25) is 0 Å². The van der Waals surface area contributed by atoms with Crippen molar-refractivity contribution in [3.63, 3.8) is 0 Å². The number of nitrogens with two attached hydrogens (primary N) is 1. The summed E-state index contributed by atoms with van der Waals surface area (Å²) < 4.78 is 45.5. The minimum absolute atomic E-state index is 0.247. The second kappa shape index (κ2) is 4.83. The van der Waals surface area contributed by atoms with Crippen molar-refractivity contribution in [1.82, 2.24) is 0 Å². The summed E-state index contributed by atoms with van der Waals surface area (Å²) >= 11 is 0. The molecule has 0 aliphatic carbocycles. The quantitative estimate of drug-likeness (QED) is 0.865. The van der Waals surface area contributed by atoms with Gasteiger partial charge in [0.1, 0.15) is 29.3 Å². The van der Waals surface area contributed by atoms with E-state index in [4.69, 9.17) is 10.5 Å². The number of rotatable bonds is 1. The largest absolute Gasteiger partial charge is 0.485 e. The average molecular weight is 279 g/mol. The highest BCUT2D eigenvalue weighted by Crippen LogP contribution is 2.40. The second-order valence-electron chi connectivity index (χ2n) is 4.80. The molecule has 20 heavy (non-hydrogen) atoms. The van der Waals surface area contributed by atoms with E-state index >= 15 is 0 Å². The van der Waals surface area contributed by atoms with Gasteiger partial charge >= 0.3 is 0 Å². The van der Waals surface area contributed by atoms with Crippen LogP contribution < -0.4 is 10.5 Å². The van der Waals surface area contributed by atoms with Gasteiger partial charge in [0, 0.05) is 29.7 Å². The predicted molar refractivity (Wildman–Crippen MR) is 67.7 cm³/mol. The first-order valence-corrected chi connectivity index (χ1v) is 6.21. The zero-order valence-electron chi connectivity index (χ0n) is 10.4. The second-order valence-corrected chi connectivity index (χ2v) is 4.80. The minimum atomic E-state index is -0.673. The van der Waals surface area contributed by atoms with E-state index in [1.54, 1.807) is 0 Å². The first-order chi connectivity index (χ1) is 9.54. The lowest BCUT2D eigenvalue weighted by Crippen LogP contribution is -2.25. The number of hydrogen-bond donors (Lipinski definition) is 1. The fraction of sp³-hybridized carbons (Fsp3) is 0.200. The van der Waals surface area contributed by atoms with E-state index in [1.807, 2.05) is 0 Å². The van der Waals surface area contributed by atoms with Crippen LogP contribution in [-0.2, 0) is 0 Å². The molecular weight excluding hydrogens is 267 g/mol. The minimum Gasteiger partial charge on any atom is -0.485 e. The Morgan fingerprint density at radius 1 is 0.950 bits per heavy atom. The van der Waals surface area contributed by atoms with Crippen molar-refractivity contribution < 1.29 is 17.9 Å². The number of fused-ring (bicyclic) bond motifs is 1. The van der Waals surface area contributed by atoms with Gasteiger partial charge in [-0.15, -0.1) is 0 Å². The van der Waals surface area contributed by atoms with Crippen LogP contribution in [0.2, 0.25) is 0 Å². The van der Waals surface area contributed by atoms with Gasteiger partial charge in [-0.3, -0.25) is 0 Å². The maximum absolute atomic E-state index is 13.8. The molecule has 5 heteroatoms. The summed E-state index contributed by atoms with van der Waals surface area (Å²) in [6.07, 6.45) is -0.303. The molecule has 1 unspecified atom stereocenters. The fourth-order valence-corrected chi connectivity index (χ4v) is 2.43. The van der Waals surface area contributed by atoms with E-state index in [1.165, 1.54) is 30.3 Å². The molecule has 0 saturated carbocycles. The maximum atomic E-state index is 13.8. The maximum Gasteiger partial charge on any atom is 0.133 e. The summed E-state index contributed by atoms with van der Waals surface area (Å²) in [6.45, 7) is 0. The highest BCUT2D eigenvalue weighted by Gasteiger charge is 2.29. The Morgan fingerprint density at radius 2 is 1.65 bits per heavy atom. The molecule has 2 atom stereocenters. The van der Waals surface area contributed by atoms with Crippen molar-refractivity contribution in [2.45, 2.75) is 18.6 Å². The summed E-state index contributed by atoms with van der Waals surface area (Å²) in [6, 6.07) is 6.92. The monoisotopic (exact) mass is 279 g/mol. The van der Waals surface area contributed by atoms with Crippen molar-refractivity contribution in [1.29, 1.82) is 0 Å². The highest BCUT2D eigenvalue weighted by molar-refractivity contribution is 5.39. The van der Waals surface area contributed by atoms with Crippen LogP contribution in [0, 0.1) is 17.5 Å². The van der Waals surface area contributed by atoms with E-state index in [-0.39, 0.29) is 5.56 Å². The van der Waals surface area contributed by atoms with Gasteiger partial charge < -0.3 is 10.5 Å². The molecular formula is C15H12F3NO. The van der Waals surface area contributed by atoms with E-state index < -0.39 is 29.6 Å². The number of hydrogen-bond acceptors (Lipinski definition) is 2. The zero-order valence-corrected chi connectivity index (χ0v) is 10.4. The van der Waals surface area contributed by atoms with Crippen LogP contribution in [0.1, 0.15) is 29.7 Å². The zero-order chi connectivity index (χ0) is 14.3. The molecule has 2 nitrogen and oxygen atoms in total. The Balaban J connectivity index is 1.97. The number of benzene rings is 2. The molecule has 0 saturated heterocycles. The third kappa shape index (κ3) is 2.25. The molecule has 0 bridgehead atoms. The normalized spacial score (nSPS) is 21.2. The van der Waals surface area contributed by atoms with Crippen LogP contribution in [0.25, 0.3) is 0 Å². The molecule has 0 amide bonds. The molecule has 1 aliphatic heterocycles. The molecule has 0 radical (unpaired) electrons. The molecule has 0 fully saturated rings. The van der Waals surface area contributed by atoms with Crippen molar-refractivity contribution in [3.8, 4) is 5.75 Å². The summed E-state index contributed by atoms with van der Waals surface area (Å²) in [7, 11) is 0. The van der Waals surface area contributed by atoms with E-state index in [0.29, 0.717) is 17.7 Å². The number of halogens is 3. The lowest BCUT2D eigenvalue weighted by molar-refractivity contribution is 0.157. The van der Waals surface area contributed by atoms with Crippen LogP contribution in [0.5, 0.6) is 5.75 Å². The fourth-order valence-electron chi connectivity index (χ4n) is 2.43. The van der Waals surface area contributed by atoms with Gasteiger partial charge in [-0.1, -0.05) is 0 Å². The molecule has 0 aromatic heterocycles. The van der Waals surface area contributed by atoms with Gasteiger partial charge in [0.15, 0.2) is 0 Å². The van der Waals surface area contributed by atoms with Gasteiger partial charge in [-0.05, 0) is 30.3 Å². The van der Waals surface area contributed by atoms with Crippen LogP contribution in [0.4, 0.5) is 13.2 Å². The Hall–Kier alpha value is -2.01. The van der Waals surface area contributed by atoms with E-state index in [0.717, 1.165) is 6.07 Å². The molecule has 1 heterocycles. The molecule has 1 aliphatic rings. The first kappa shape index (κ1) is 13.0. The molecule has 2 aromatic carbocycles. The molecule has 3 rings (SSSR count). The van der Waals surface area contributed by atoms with Crippen LogP contribution in [0.15, 0.2) is 36.4 Å². The van der Waals surface area contributed by atoms with Gasteiger partial charge in [0.05, 0.1) is 0 Å². The summed E-state index contributed by atoms with van der Waals surface area (Å²) in [5.74, 6) is -1.28. The SMILES string of the molecule is N[C@H]1CC(c2ccc(F)cc2F)Oc2ccc(F)cc21. The third-order valence-corrected chi connectivity index (χ3v) is 3.42. The Kier molecular flexibility index (Phi) is 3.14. The predicted octanol–water partition coefficient (Wildman–Crippen LogP) is 3.63. The Labute approximate surface area is 114 Å². The summed E-state index contributed by atoms with van der Waals surface area (Å²) in [5.41, 5.74) is 6.79. The van der Waals surface area contributed by atoms with Crippen LogP contribution >= 0.6 is 0 Å². The van der Waals surface area contributed by atoms with Gasteiger partial charge in [0.25, 0.3) is 0 Å². The van der Waals surface area contributed by atoms with Gasteiger partial charge in [-0.2, -0.15) is 0 Å². The van der Waals surface area contributed by atoms with Crippen LogP contribution in [-0.4, -0.2) is 0 Å². The van der Waals surface area contributed by atoms with Gasteiger partial charge in [-0.25, -0.2) is 13.2 Å². The summed E-state index contributed by atoms with van der Waals surface area (Å²) in [5, 5.41) is 0. The Bertz CT molecular complexity index is 660. The molecule has 2 N–H and O–H groups in total. The average Bonchev–Trinajstić information content (AvgIpc) is 2.39. The van der Waals surface area contributed by atoms with Crippen LogP contribution in [0.3, 0.4) is 0 Å². The molecule has 2 aromatic rings. The van der Waals surface area contributed by atoms with E-state index in [9.17, 15) is 13.2 Å². The van der Waals surface area contributed by atoms with Crippen molar-refractivity contribution in [2.75, 3.05) is 0 Å². The highest BCUT2D eigenvalue weighted by atomic mass is 19.1. The number of ether oxygens (including phenoxy) is 1. The van der Waals surface area contributed by atoms with E-state index in [2.05, 4.69) is 0 Å². The molecule has 0 spiro atoms. The lowest BCUT2D eigenvalue weighted by Gasteiger charge is -2.30. The lowest BCUT2D eigenvalue weighted by atomic mass is 9.93. The smallest absolute Gasteiger partial charge is 0.133 e. The van der Waals surface area contributed by atoms with Crippen molar-refractivity contribution in [3.05, 3.63) is 65.0 Å². The Morgan fingerprint density at radius 3 is 2.40 bits per heavy atom. The first-order valence-electron chi connectivity index (χ1n) is 6.21. The van der Waals surface area contributed by atoms with Crippen molar-refractivity contribution >= 4 is 0 Å². The molecule has 104 valence electrons.